The molecule has 1 fully saturated rings. The van der Waals surface area contributed by atoms with E-state index < -0.39 is 5.97 Å². The van der Waals surface area contributed by atoms with Gasteiger partial charge in [-0.3, -0.25) is 0 Å². The Morgan fingerprint density at radius 2 is 2.11 bits per heavy atom. The van der Waals surface area contributed by atoms with Gasteiger partial charge in [0.25, 0.3) is 0 Å². The largest absolute Gasteiger partial charge is 0.545 e. The van der Waals surface area contributed by atoms with Crippen molar-refractivity contribution in [1.29, 1.82) is 0 Å². The summed E-state index contributed by atoms with van der Waals surface area (Å²) in [6.07, 6.45) is 0.729. The van der Waals surface area contributed by atoms with E-state index in [-0.39, 0.29) is 5.56 Å². The number of aryl methyl sites for hydroxylation is 1. The van der Waals surface area contributed by atoms with E-state index in [9.17, 15) is 9.90 Å². The van der Waals surface area contributed by atoms with E-state index in [0.717, 1.165) is 38.3 Å². The second-order valence-electron chi connectivity index (χ2n) is 4.00. The van der Waals surface area contributed by atoms with Gasteiger partial charge < -0.3 is 25.7 Å². The smallest absolute Gasteiger partial charge is 0.0993 e. The number of aromatic carboxylic acids is 1. The zero-order valence-corrected chi connectivity index (χ0v) is 10.6. The summed E-state index contributed by atoms with van der Waals surface area (Å²) in [7, 11) is 0. The van der Waals surface area contributed by atoms with Crippen LogP contribution in [0.4, 0.5) is 5.69 Å². The maximum atomic E-state index is 10.5. The first-order valence-corrected chi connectivity index (χ1v) is 6.15. The topological polar surface area (TPSA) is 92.0 Å². The van der Waals surface area contributed by atoms with E-state index >= 15 is 0 Å². The third-order valence-corrected chi connectivity index (χ3v) is 2.73. The second-order valence-corrected chi connectivity index (χ2v) is 4.00. The maximum Gasteiger partial charge on any atom is 0.0993 e. The van der Waals surface area contributed by atoms with E-state index in [4.69, 9.17) is 10.5 Å². The third-order valence-electron chi connectivity index (χ3n) is 2.73. The zero-order chi connectivity index (χ0) is 13.4. The molecule has 0 aromatic heterocycles. The van der Waals surface area contributed by atoms with E-state index in [2.05, 4.69) is 5.32 Å². The molecule has 18 heavy (non-hydrogen) atoms. The molecule has 0 spiro atoms. The quantitative estimate of drug-likeness (QED) is 0.645. The van der Waals surface area contributed by atoms with Crippen LogP contribution in [0.25, 0.3) is 0 Å². The molecule has 1 heterocycles. The number of morpholine rings is 1. The number of hydrogen-bond acceptors (Lipinski definition) is 4. The lowest BCUT2D eigenvalue weighted by atomic mass is 10.1. The second kappa shape index (κ2) is 7.68. The van der Waals surface area contributed by atoms with Crippen molar-refractivity contribution < 1.29 is 20.0 Å². The lowest BCUT2D eigenvalue weighted by Crippen LogP contribution is -2.87. The van der Waals surface area contributed by atoms with Crippen molar-refractivity contribution in [3.63, 3.8) is 0 Å². The van der Waals surface area contributed by atoms with Crippen molar-refractivity contribution in [2.75, 3.05) is 32.0 Å². The fraction of sp³-hybridized carbons (Fsp3) is 0.462. The van der Waals surface area contributed by atoms with Gasteiger partial charge in [0.05, 0.1) is 32.3 Å². The van der Waals surface area contributed by atoms with Gasteiger partial charge in [0, 0.05) is 11.3 Å². The first kappa shape index (κ1) is 14.5. The Morgan fingerprint density at radius 3 is 2.50 bits per heavy atom. The van der Waals surface area contributed by atoms with Gasteiger partial charge in [0.15, 0.2) is 0 Å². The highest BCUT2D eigenvalue weighted by atomic mass is 16.5. The van der Waals surface area contributed by atoms with Gasteiger partial charge in [-0.15, -0.1) is 0 Å². The van der Waals surface area contributed by atoms with Gasteiger partial charge in [-0.2, -0.15) is 0 Å². The van der Waals surface area contributed by atoms with Gasteiger partial charge in [0.2, 0.25) is 0 Å². The minimum atomic E-state index is -1.22. The third kappa shape index (κ3) is 4.35. The van der Waals surface area contributed by atoms with Crippen molar-refractivity contribution in [3.05, 3.63) is 29.3 Å². The van der Waals surface area contributed by atoms with Gasteiger partial charge in [0.1, 0.15) is 0 Å². The van der Waals surface area contributed by atoms with E-state index in [1.807, 2.05) is 13.0 Å². The van der Waals surface area contributed by atoms with Crippen LogP contribution in [0, 0.1) is 0 Å². The van der Waals surface area contributed by atoms with Crippen molar-refractivity contribution in [1.82, 2.24) is 0 Å². The highest BCUT2D eigenvalue weighted by Crippen LogP contribution is 2.16. The summed E-state index contributed by atoms with van der Waals surface area (Å²) in [5.74, 6) is -1.22. The molecule has 1 aliphatic heterocycles. The van der Waals surface area contributed by atoms with Crippen LogP contribution >= 0.6 is 0 Å². The molecule has 1 aromatic carbocycles. The number of nitrogen functional groups attached to an aromatic ring is 1. The number of benzene rings is 1. The van der Waals surface area contributed by atoms with Crippen LogP contribution < -0.4 is 16.2 Å². The molecule has 100 valence electrons. The normalized spacial score (nSPS) is 14.5. The van der Waals surface area contributed by atoms with Crippen molar-refractivity contribution in [2.24, 2.45) is 0 Å². The summed E-state index contributed by atoms with van der Waals surface area (Å²) in [5, 5.41) is 12.8. The number of carbonyl (C=O) groups excluding carboxylic acids is 1. The monoisotopic (exact) mass is 252 g/mol. The average molecular weight is 252 g/mol. The minimum Gasteiger partial charge on any atom is -0.545 e. The molecule has 5 heteroatoms. The number of rotatable bonds is 2. The predicted molar refractivity (Wildman–Crippen MR) is 67.0 cm³/mol. The first-order valence-electron chi connectivity index (χ1n) is 6.15. The Morgan fingerprint density at radius 1 is 1.44 bits per heavy atom. The number of carbonyl (C=O) groups is 1. The van der Waals surface area contributed by atoms with Gasteiger partial charge in [-0.05, 0) is 12.0 Å². The molecule has 1 aromatic rings. The van der Waals surface area contributed by atoms with E-state index in [0.29, 0.717) is 5.69 Å². The molecule has 2 rings (SSSR count). The number of ether oxygens (including phenoxy) is 1. The van der Waals surface area contributed by atoms with Crippen molar-refractivity contribution in [3.8, 4) is 0 Å². The molecular weight excluding hydrogens is 232 g/mol. The summed E-state index contributed by atoms with van der Waals surface area (Å²) in [6, 6.07) is 4.92. The zero-order valence-electron chi connectivity index (χ0n) is 10.6. The number of anilines is 1. The maximum absolute atomic E-state index is 10.5. The standard InChI is InChI=1S/C9H11NO2.C4H9NO/c1-2-6-4-3-5-7(8(6)10)9(11)12;1-3-6-4-2-5-1/h3-5H,2,10H2,1H3,(H,11,12);5H,1-4H2. The highest BCUT2D eigenvalue weighted by molar-refractivity contribution is 5.92. The predicted octanol–water partition coefficient (Wildman–Crippen LogP) is -1.23. The fourth-order valence-corrected chi connectivity index (χ4v) is 1.68. The van der Waals surface area contributed by atoms with Gasteiger partial charge >= 0.3 is 0 Å². The van der Waals surface area contributed by atoms with Crippen LogP contribution in [0.3, 0.4) is 0 Å². The summed E-state index contributed by atoms with van der Waals surface area (Å²) < 4.78 is 5.04. The number of para-hydroxylation sites is 1. The molecule has 4 N–H and O–H groups in total. The number of nitrogens with two attached hydrogens (primary N) is 2. The molecular formula is C13H20N2O3. The molecule has 0 unspecified atom stereocenters. The summed E-state index contributed by atoms with van der Waals surface area (Å²) in [4.78, 5) is 10.5. The van der Waals surface area contributed by atoms with Crippen molar-refractivity contribution >= 4 is 11.7 Å². The Bertz CT molecular complexity index is 378. The Hall–Kier alpha value is -1.59. The Balaban J connectivity index is 0.000000225. The molecule has 0 radical (unpaired) electrons. The van der Waals surface area contributed by atoms with Crippen molar-refractivity contribution in [2.45, 2.75) is 13.3 Å². The van der Waals surface area contributed by atoms with Gasteiger partial charge in [-0.25, -0.2) is 0 Å². The first-order chi connectivity index (χ1) is 8.66. The number of hydrogen-bond donors (Lipinski definition) is 2. The molecule has 1 aliphatic rings. The number of quaternary nitrogens is 1. The molecule has 0 amide bonds. The van der Waals surface area contributed by atoms with Crippen LogP contribution in [-0.4, -0.2) is 32.3 Å². The SMILES string of the molecule is C1COCC[NH2+]1.CCc1cccc(C(=O)[O-])c1N. The Kier molecular flexibility index (Phi) is 6.18. The molecule has 0 saturated carbocycles. The van der Waals surface area contributed by atoms with Crippen LogP contribution in [0.5, 0.6) is 0 Å². The molecule has 0 aliphatic carbocycles. The van der Waals surface area contributed by atoms with E-state index in [1.165, 1.54) is 6.07 Å². The molecule has 0 atom stereocenters. The molecule has 5 nitrogen and oxygen atoms in total. The summed E-state index contributed by atoms with van der Waals surface area (Å²) in [6.45, 7) is 6.12. The minimum absolute atomic E-state index is 0.0781. The summed E-state index contributed by atoms with van der Waals surface area (Å²) in [5.41, 5.74) is 6.82. The number of carboxylic acid groups (broad SMARTS) is 1. The van der Waals surface area contributed by atoms with E-state index in [1.54, 1.807) is 6.07 Å². The molecule has 0 bridgehead atoms. The Labute approximate surface area is 107 Å². The van der Waals surface area contributed by atoms with Gasteiger partial charge in [-0.1, -0.05) is 25.1 Å². The van der Waals surface area contributed by atoms with Crippen LogP contribution in [-0.2, 0) is 11.2 Å². The average Bonchev–Trinajstić information content (AvgIpc) is 2.41. The number of carboxylic acids is 1. The lowest BCUT2D eigenvalue weighted by Gasteiger charge is -2.09. The fourth-order valence-electron chi connectivity index (χ4n) is 1.68. The lowest BCUT2D eigenvalue weighted by molar-refractivity contribution is -0.670. The highest BCUT2D eigenvalue weighted by Gasteiger charge is 2.02. The van der Waals surface area contributed by atoms with Crippen LogP contribution in [0.2, 0.25) is 0 Å². The van der Waals surface area contributed by atoms with Crippen LogP contribution in [0.15, 0.2) is 18.2 Å². The summed E-state index contributed by atoms with van der Waals surface area (Å²) >= 11 is 0. The molecule has 1 saturated heterocycles. The van der Waals surface area contributed by atoms with Crippen LogP contribution in [0.1, 0.15) is 22.8 Å².